The Labute approximate surface area is 71.2 Å². The number of nitrogens with zero attached hydrogens (tertiary/aromatic N) is 1. The van der Waals surface area contributed by atoms with Crippen LogP contribution in [0.25, 0.3) is 0 Å². The highest BCUT2D eigenvalue weighted by Crippen LogP contribution is 2.17. The van der Waals surface area contributed by atoms with Gasteiger partial charge in [-0.3, -0.25) is 0 Å². The molecule has 1 radical (unpaired) electrons. The molecule has 1 unspecified atom stereocenters. The molecule has 1 saturated heterocycles. The quantitative estimate of drug-likeness (QED) is 0.495. The van der Waals surface area contributed by atoms with Gasteiger partial charge in [0.05, 0.1) is 0 Å². The van der Waals surface area contributed by atoms with Gasteiger partial charge in [0.15, 0.2) is 0 Å². The van der Waals surface area contributed by atoms with E-state index in [1.165, 1.54) is 0 Å². The van der Waals surface area contributed by atoms with E-state index in [-0.39, 0.29) is 5.92 Å². The average molecular weight is 173 g/mol. The summed E-state index contributed by atoms with van der Waals surface area (Å²) in [4.78, 5) is 14.4. The molecular formula is C7H13N2O3. The van der Waals surface area contributed by atoms with Crippen molar-refractivity contribution in [2.75, 3.05) is 13.1 Å². The van der Waals surface area contributed by atoms with Gasteiger partial charge in [-0.1, -0.05) is 0 Å². The third kappa shape index (κ3) is 2.65. The zero-order chi connectivity index (χ0) is 8.97. The van der Waals surface area contributed by atoms with Crippen LogP contribution in [-0.2, 0) is 4.84 Å². The average Bonchev–Trinajstić information content (AvgIpc) is 2.05. The summed E-state index contributed by atoms with van der Waals surface area (Å²) in [6.07, 6.45) is 1.30. The predicted molar refractivity (Wildman–Crippen MR) is 42.8 cm³/mol. The fourth-order valence-corrected chi connectivity index (χ4v) is 1.41. The zero-order valence-electron chi connectivity index (χ0n) is 6.86. The van der Waals surface area contributed by atoms with Gasteiger partial charge >= 0.3 is 0 Å². The van der Waals surface area contributed by atoms with Crippen LogP contribution in [0.5, 0.6) is 0 Å². The van der Waals surface area contributed by atoms with E-state index < -0.39 is 11.2 Å². The molecule has 0 aromatic carbocycles. The molecular weight excluding hydrogens is 160 g/mol. The highest BCUT2D eigenvalue weighted by molar-refractivity contribution is 4.76. The van der Waals surface area contributed by atoms with Crippen LogP contribution in [0.2, 0.25) is 0 Å². The Morgan fingerprint density at radius 2 is 2.17 bits per heavy atom. The fraction of sp³-hybridized carbons (Fsp3) is 0.857. The van der Waals surface area contributed by atoms with Crippen molar-refractivity contribution >= 4 is 0 Å². The Morgan fingerprint density at radius 1 is 1.58 bits per heavy atom. The van der Waals surface area contributed by atoms with Crippen LogP contribution in [0.3, 0.4) is 0 Å². The molecule has 0 saturated carbocycles. The number of hydrogen-bond acceptors (Lipinski definition) is 4. The monoisotopic (exact) mass is 173 g/mol. The van der Waals surface area contributed by atoms with Crippen LogP contribution in [0.4, 0.5) is 0 Å². The summed E-state index contributed by atoms with van der Waals surface area (Å²) in [5.74, 6) is 0.219. The molecule has 0 spiro atoms. The highest BCUT2D eigenvalue weighted by Gasteiger charge is 2.22. The summed E-state index contributed by atoms with van der Waals surface area (Å²) in [6.45, 7) is 5.41. The summed E-state index contributed by atoms with van der Waals surface area (Å²) in [6, 6.07) is 0. The summed E-state index contributed by atoms with van der Waals surface area (Å²) < 4.78 is 0. The second kappa shape index (κ2) is 4.25. The molecule has 69 valence electrons. The van der Waals surface area contributed by atoms with Gasteiger partial charge in [0.2, 0.25) is 0 Å². The fourth-order valence-electron chi connectivity index (χ4n) is 1.41. The first kappa shape index (κ1) is 9.25. The zero-order valence-corrected chi connectivity index (χ0v) is 6.86. The van der Waals surface area contributed by atoms with Crippen LogP contribution < -0.4 is 5.32 Å². The lowest BCUT2D eigenvalue weighted by Gasteiger charge is -2.26. The first-order valence-corrected chi connectivity index (χ1v) is 4.05. The maximum absolute atomic E-state index is 9.98. The second-order valence-corrected chi connectivity index (χ2v) is 2.95. The van der Waals surface area contributed by atoms with Crippen molar-refractivity contribution in [3.63, 3.8) is 0 Å². The van der Waals surface area contributed by atoms with Gasteiger partial charge in [0.25, 0.3) is 5.09 Å². The summed E-state index contributed by atoms with van der Waals surface area (Å²) in [5.41, 5.74) is 0. The van der Waals surface area contributed by atoms with E-state index in [1.54, 1.807) is 0 Å². The molecule has 1 aliphatic rings. The first-order chi connectivity index (χ1) is 5.70. The molecule has 0 amide bonds. The Bertz CT molecular complexity index is 157. The first-order valence-electron chi connectivity index (χ1n) is 4.05. The maximum Gasteiger partial charge on any atom is 0.294 e. The Hall–Kier alpha value is -0.840. The summed E-state index contributed by atoms with van der Waals surface area (Å²) >= 11 is 0. The number of piperidine rings is 1. The predicted octanol–water partition coefficient (Wildman–Crippen LogP) is 0.397. The summed E-state index contributed by atoms with van der Waals surface area (Å²) in [5, 5.41) is 12.4. The molecule has 5 heteroatoms. The lowest BCUT2D eigenvalue weighted by atomic mass is 9.93. The van der Waals surface area contributed by atoms with Crippen LogP contribution in [0.1, 0.15) is 12.8 Å². The van der Waals surface area contributed by atoms with Gasteiger partial charge in [0, 0.05) is 0 Å². The molecule has 1 heterocycles. The molecule has 0 bridgehead atoms. The molecule has 1 rings (SSSR count). The van der Waals surface area contributed by atoms with E-state index in [0.717, 1.165) is 25.9 Å². The van der Waals surface area contributed by atoms with Crippen molar-refractivity contribution in [2.24, 2.45) is 5.92 Å². The Morgan fingerprint density at radius 3 is 2.67 bits per heavy atom. The molecule has 0 aliphatic carbocycles. The van der Waals surface area contributed by atoms with Crippen molar-refractivity contribution in [2.45, 2.75) is 18.9 Å². The molecule has 1 fully saturated rings. The van der Waals surface area contributed by atoms with Gasteiger partial charge in [-0.25, -0.2) is 0 Å². The minimum atomic E-state index is -0.764. The Balaban J connectivity index is 2.29. The van der Waals surface area contributed by atoms with Gasteiger partial charge in [0.1, 0.15) is 6.10 Å². The van der Waals surface area contributed by atoms with Crippen molar-refractivity contribution in [1.29, 1.82) is 0 Å². The van der Waals surface area contributed by atoms with Crippen molar-refractivity contribution < 1.29 is 9.92 Å². The number of nitrogens with one attached hydrogen (secondary N) is 1. The molecule has 0 aromatic rings. The molecule has 1 aliphatic heterocycles. The van der Waals surface area contributed by atoms with E-state index in [9.17, 15) is 10.1 Å². The largest absolute Gasteiger partial charge is 0.317 e. The smallest absolute Gasteiger partial charge is 0.294 e. The standard InChI is InChI=1S/C7H13N2O3/c1-6(12-9(10)11)7-2-4-8-5-3-7/h6-8H,1-5H2. The van der Waals surface area contributed by atoms with Gasteiger partial charge in [-0.05, 0) is 38.8 Å². The third-order valence-corrected chi connectivity index (χ3v) is 2.13. The van der Waals surface area contributed by atoms with E-state index in [4.69, 9.17) is 0 Å². The maximum atomic E-state index is 9.98. The Kier molecular flexibility index (Phi) is 3.28. The lowest BCUT2D eigenvalue weighted by molar-refractivity contribution is -0.767. The van der Waals surface area contributed by atoms with Crippen molar-refractivity contribution in [1.82, 2.24) is 5.32 Å². The number of rotatable bonds is 3. The molecule has 1 N–H and O–H groups in total. The molecule has 5 nitrogen and oxygen atoms in total. The van der Waals surface area contributed by atoms with Crippen LogP contribution >= 0.6 is 0 Å². The van der Waals surface area contributed by atoms with E-state index in [0.29, 0.717) is 0 Å². The normalized spacial score (nSPS) is 21.8. The van der Waals surface area contributed by atoms with E-state index in [2.05, 4.69) is 17.1 Å². The number of hydrogen-bond donors (Lipinski definition) is 1. The molecule has 12 heavy (non-hydrogen) atoms. The van der Waals surface area contributed by atoms with E-state index in [1.807, 2.05) is 0 Å². The topological polar surface area (TPSA) is 64.4 Å². The second-order valence-electron chi connectivity index (χ2n) is 2.95. The highest BCUT2D eigenvalue weighted by atomic mass is 17.0. The molecule has 1 atom stereocenters. The van der Waals surface area contributed by atoms with Crippen molar-refractivity contribution in [3.8, 4) is 0 Å². The summed E-state index contributed by atoms with van der Waals surface area (Å²) in [7, 11) is 0. The third-order valence-electron chi connectivity index (χ3n) is 2.13. The minimum Gasteiger partial charge on any atom is -0.317 e. The van der Waals surface area contributed by atoms with Crippen LogP contribution in [-0.4, -0.2) is 24.3 Å². The van der Waals surface area contributed by atoms with Crippen molar-refractivity contribution in [3.05, 3.63) is 17.0 Å². The minimum absolute atomic E-state index is 0.219. The van der Waals surface area contributed by atoms with E-state index >= 15 is 0 Å². The van der Waals surface area contributed by atoms with Gasteiger partial charge in [-0.2, -0.15) is 0 Å². The lowest BCUT2D eigenvalue weighted by Crippen LogP contribution is -2.35. The van der Waals surface area contributed by atoms with Crippen LogP contribution in [0.15, 0.2) is 0 Å². The van der Waals surface area contributed by atoms with Gasteiger partial charge < -0.3 is 10.2 Å². The molecule has 0 aromatic heterocycles. The van der Waals surface area contributed by atoms with Gasteiger partial charge in [-0.15, -0.1) is 10.1 Å². The van der Waals surface area contributed by atoms with Crippen LogP contribution in [0, 0.1) is 23.0 Å². The SMILES string of the molecule is [CH2]C(O[N+](=O)[O-])C1CCNCC1.